The molecule has 0 spiro atoms. The van der Waals surface area contributed by atoms with E-state index in [2.05, 4.69) is 26.0 Å². The minimum Gasteiger partial charge on any atom is -0.380 e. The predicted molar refractivity (Wildman–Crippen MR) is 59.7 cm³/mol. The maximum Gasteiger partial charge on any atom is 0.136 e. The van der Waals surface area contributed by atoms with Gasteiger partial charge in [0.05, 0.1) is 13.2 Å². The summed E-state index contributed by atoms with van der Waals surface area (Å²) in [6.07, 6.45) is 1.09. The SMILES string of the molecule is CC(C)Cc1ccc(C2(O)COC2)cc1. The fourth-order valence-electron chi connectivity index (χ4n) is 1.88. The molecule has 2 rings (SSSR count). The van der Waals surface area contributed by atoms with Crippen LogP contribution < -0.4 is 0 Å². The van der Waals surface area contributed by atoms with Crippen LogP contribution in [-0.2, 0) is 16.8 Å². The van der Waals surface area contributed by atoms with Crippen molar-refractivity contribution in [1.82, 2.24) is 0 Å². The van der Waals surface area contributed by atoms with Gasteiger partial charge in [-0.05, 0) is 23.5 Å². The van der Waals surface area contributed by atoms with E-state index in [1.165, 1.54) is 5.56 Å². The summed E-state index contributed by atoms with van der Waals surface area (Å²) in [6.45, 7) is 5.27. The standard InChI is InChI=1S/C13H18O2/c1-10(2)7-11-3-5-12(6-4-11)13(14)8-15-9-13/h3-6,10,14H,7-9H2,1-2H3. The average molecular weight is 206 g/mol. The molecule has 1 aliphatic rings. The zero-order valence-corrected chi connectivity index (χ0v) is 9.36. The molecule has 0 amide bonds. The van der Waals surface area contributed by atoms with Gasteiger partial charge in [-0.15, -0.1) is 0 Å². The van der Waals surface area contributed by atoms with E-state index in [1.807, 2.05) is 12.1 Å². The van der Waals surface area contributed by atoms with Gasteiger partial charge in [0, 0.05) is 0 Å². The molecule has 2 heteroatoms. The van der Waals surface area contributed by atoms with Gasteiger partial charge in [0.15, 0.2) is 0 Å². The van der Waals surface area contributed by atoms with Gasteiger partial charge >= 0.3 is 0 Å². The largest absolute Gasteiger partial charge is 0.380 e. The van der Waals surface area contributed by atoms with Crippen molar-refractivity contribution in [3.63, 3.8) is 0 Å². The highest BCUT2D eigenvalue weighted by Gasteiger charge is 2.37. The number of hydrogen-bond acceptors (Lipinski definition) is 2. The van der Waals surface area contributed by atoms with Crippen LogP contribution in [0.4, 0.5) is 0 Å². The second-order valence-corrected chi connectivity index (χ2v) is 4.82. The van der Waals surface area contributed by atoms with Crippen LogP contribution in [-0.4, -0.2) is 18.3 Å². The molecule has 0 aromatic heterocycles. The molecule has 0 atom stereocenters. The lowest BCUT2D eigenvalue weighted by molar-refractivity contribution is -0.184. The van der Waals surface area contributed by atoms with Crippen LogP contribution in [0.15, 0.2) is 24.3 Å². The van der Waals surface area contributed by atoms with E-state index in [0.29, 0.717) is 19.1 Å². The first-order chi connectivity index (χ1) is 7.10. The summed E-state index contributed by atoms with van der Waals surface area (Å²) in [5.74, 6) is 0.672. The molecule has 2 nitrogen and oxygen atoms in total. The number of benzene rings is 1. The predicted octanol–water partition coefficient (Wildman–Crippen LogP) is 2.10. The zero-order chi connectivity index (χ0) is 10.9. The van der Waals surface area contributed by atoms with Crippen molar-refractivity contribution in [2.45, 2.75) is 25.9 Å². The van der Waals surface area contributed by atoms with Gasteiger partial charge in [-0.25, -0.2) is 0 Å². The lowest BCUT2D eigenvalue weighted by Gasteiger charge is -2.36. The molecule has 82 valence electrons. The third-order valence-corrected chi connectivity index (χ3v) is 2.82. The van der Waals surface area contributed by atoms with Crippen LogP contribution in [0, 0.1) is 5.92 Å². The third kappa shape index (κ3) is 2.21. The summed E-state index contributed by atoms with van der Waals surface area (Å²) in [6, 6.07) is 8.23. The van der Waals surface area contributed by atoms with Gasteiger partial charge in [0.25, 0.3) is 0 Å². The van der Waals surface area contributed by atoms with Crippen molar-refractivity contribution in [1.29, 1.82) is 0 Å². The Morgan fingerprint density at radius 2 is 1.87 bits per heavy atom. The number of aliphatic hydroxyl groups is 1. The molecule has 1 aromatic rings. The van der Waals surface area contributed by atoms with E-state index in [4.69, 9.17) is 4.74 Å². The van der Waals surface area contributed by atoms with Crippen molar-refractivity contribution in [3.8, 4) is 0 Å². The molecule has 1 aliphatic heterocycles. The molecule has 15 heavy (non-hydrogen) atoms. The average Bonchev–Trinajstić information content (AvgIpc) is 2.14. The van der Waals surface area contributed by atoms with Crippen molar-refractivity contribution in [2.24, 2.45) is 5.92 Å². The summed E-state index contributed by atoms with van der Waals surface area (Å²) in [5.41, 5.74) is 1.58. The van der Waals surface area contributed by atoms with E-state index in [0.717, 1.165) is 12.0 Å². The van der Waals surface area contributed by atoms with Crippen molar-refractivity contribution in [3.05, 3.63) is 35.4 Å². The third-order valence-electron chi connectivity index (χ3n) is 2.82. The molecule has 0 saturated carbocycles. The van der Waals surface area contributed by atoms with Crippen LogP contribution in [0.1, 0.15) is 25.0 Å². The van der Waals surface area contributed by atoms with Gasteiger partial charge in [-0.3, -0.25) is 0 Å². The van der Waals surface area contributed by atoms with Gasteiger partial charge in [-0.2, -0.15) is 0 Å². The summed E-state index contributed by atoms with van der Waals surface area (Å²) >= 11 is 0. The van der Waals surface area contributed by atoms with Crippen LogP contribution in [0.2, 0.25) is 0 Å². The highest BCUT2D eigenvalue weighted by molar-refractivity contribution is 5.28. The second-order valence-electron chi connectivity index (χ2n) is 4.82. The van der Waals surface area contributed by atoms with Crippen molar-refractivity contribution < 1.29 is 9.84 Å². The Bertz CT molecular complexity index is 323. The lowest BCUT2D eigenvalue weighted by Crippen LogP contribution is -2.46. The van der Waals surface area contributed by atoms with E-state index in [-0.39, 0.29) is 0 Å². The summed E-state index contributed by atoms with van der Waals surface area (Å²) in [5, 5.41) is 10.0. The molecule has 1 heterocycles. The highest BCUT2D eigenvalue weighted by atomic mass is 16.5. The Balaban J connectivity index is 2.10. The van der Waals surface area contributed by atoms with Crippen LogP contribution >= 0.6 is 0 Å². The van der Waals surface area contributed by atoms with E-state index < -0.39 is 5.60 Å². The second kappa shape index (κ2) is 3.95. The molecule has 0 bridgehead atoms. The van der Waals surface area contributed by atoms with Gasteiger partial charge < -0.3 is 9.84 Å². The quantitative estimate of drug-likeness (QED) is 0.820. The fraction of sp³-hybridized carbons (Fsp3) is 0.538. The Hall–Kier alpha value is -0.860. The first-order valence-corrected chi connectivity index (χ1v) is 5.50. The first kappa shape index (κ1) is 10.7. The molecule has 0 unspecified atom stereocenters. The Morgan fingerprint density at radius 3 is 2.27 bits per heavy atom. The zero-order valence-electron chi connectivity index (χ0n) is 9.36. The van der Waals surface area contributed by atoms with E-state index >= 15 is 0 Å². The topological polar surface area (TPSA) is 29.5 Å². The normalized spacial score (nSPS) is 18.9. The monoisotopic (exact) mass is 206 g/mol. The van der Waals surface area contributed by atoms with Gasteiger partial charge in [0.1, 0.15) is 5.60 Å². The summed E-state index contributed by atoms with van der Waals surface area (Å²) < 4.78 is 5.04. The van der Waals surface area contributed by atoms with Gasteiger partial charge in [0.2, 0.25) is 0 Å². The maximum absolute atomic E-state index is 10.0. The molecule has 0 radical (unpaired) electrons. The van der Waals surface area contributed by atoms with E-state index in [9.17, 15) is 5.11 Å². The Morgan fingerprint density at radius 1 is 1.27 bits per heavy atom. The number of hydrogen-bond donors (Lipinski definition) is 1. The van der Waals surface area contributed by atoms with Crippen molar-refractivity contribution >= 4 is 0 Å². The molecule has 1 fully saturated rings. The molecule has 0 aliphatic carbocycles. The minimum atomic E-state index is -0.726. The Labute approximate surface area is 90.9 Å². The highest BCUT2D eigenvalue weighted by Crippen LogP contribution is 2.29. The maximum atomic E-state index is 10.0. The molecule has 1 saturated heterocycles. The molecular formula is C13H18O2. The number of ether oxygens (including phenoxy) is 1. The lowest BCUT2D eigenvalue weighted by atomic mass is 9.90. The van der Waals surface area contributed by atoms with Crippen molar-refractivity contribution in [2.75, 3.05) is 13.2 Å². The fourth-order valence-corrected chi connectivity index (χ4v) is 1.88. The van der Waals surface area contributed by atoms with Gasteiger partial charge in [-0.1, -0.05) is 38.1 Å². The summed E-state index contributed by atoms with van der Waals surface area (Å²) in [4.78, 5) is 0. The molecular weight excluding hydrogens is 188 g/mol. The van der Waals surface area contributed by atoms with Crippen LogP contribution in [0.25, 0.3) is 0 Å². The summed E-state index contributed by atoms with van der Waals surface area (Å²) in [7, 11) is 0. The number of rotatable bonds is 3. The molecule has 1 N–H and O–H groups in total. The first-order valence-electron chi connectivity index (χ1n) is 5.50. The Kier molecular flexibility index (Phi) is 2.81. The minimum absolute atomic E-state index is 0.427. The molecule has 1 aromatic carbocycles. The van der Waals surface area contributed by atoms with Crippen LogP contribution in [0.3, 0.4) is 0 Å². The smallest absolute Gasteiger partial charge is 0.136 e. The van der Waals surface area contributed by atoms with E-state index in [1.54, 1.807) is 0 Å². The van der Waals surface area contributed by atoms with Crippen LogP contribution in [0.5, 0.6) is 0 Å².